The lowest BCUT2D eigenvalue weighted by atomic mass is 10.1. The normalized spacial score (nSPS) is 15.6. The number of hydrogen-bond donors (Lipinski definition) is 2. The van der Waals surface area contributed by atoms with Crippen LogP contribution in [0.2, 0.25) is 10.0 Å². The highest BCUT2D eigenvalue weighted by molar-refractivity contribution is 7.22. The van der Waals surface area contributed by atoms with Gasteiger partial charge in [-0.1, -0.05) is 41.4 Å². The van der Waals surface area contributed by atoms with E-state index in [1.807, 2.05) is 0 Å². The predicted molar refractivity (Wildman–Crippen MR) is 166 cm³/mol. The van der Waals surface area contributed by atoms with Crippen LogP contribution in [-0.4, -0.2) is 69.6 Å². The van der Waals surface area contributed by atoms with Crippen molar-refractivity contribution in [2.75, 3.05) is 65.0 Å². The standard InChI is InChI=1S/C26H22Cl2N4O2S.C4H9NO/c1-33-23-11-21(19(27)10-20(23)28)31-25-18(13-29)14-30-22-12-24(35-26(22)25)17-4-2-3-16(9-17)15-32-5-7-34-8-6-32;1-3-6-4-2-5-1/h2-4,9-12,14H,5-8,15H2,1H3,(H,30,31);5H,1-4H2. The van der Waals surface area contributed by atoms with Crippen LogP contribution in [0.3, 0.4) is 0 Å². The number of benzene rings is 2. The van der Waals surface area contributed by atoms with Crippen LogP contribution in [0.25, 0.3) is 20.7 Å². The predicted octanol–water partition coefficient (Wildman–Crippen LogP) is 6.33. The van der Waals surface area contributed by atoms with Gasteiger partial charge in [-0.3, -0.25) is 9.88 Å². The lowest BCUT2D eigenvalue weighted by Gasteiger charge is -2.26. The summed E-state index contributed by atoms with van der Waals surface area (Å²) >= 11 is 14.2. The van der Waals surface area contributed by atoms with Gasteiger partial charge < -0.3 is 24.8 Å². The molecule has 4 heterocycles. The Balaban J connectivity index is 0.000000500. The van der Waals surface area contributed by atoms with Crippen LogP contribution in [0.5, 0.6) is 5.75 Å². The minimum absolute atomic E-state index is 0.416. The highest BCUT2D eigenvalue weighted by Crippen LogP contribution is 2.42. The Morgan fingerprint density at radius 1 is 1.07 bits per heavy atom. The molecule has 2 saturated heterocycles. The zero-order valence-corrected chi connectivity index (χ0v) is 25.0. The quantitative estimate of drug-likeness (QED) is 0.261. The van der Waals surface area contributed by atoms with Crippen molar-refractivity contribution >= 4 is 56.1 Å². The van der Waals surface area contributed by atoms with Gasteiger partial charge in [0.1, 0.15) is 11.8 Å². The Labute approximate surface area is 253 Å². The van der Waals surface area contributed by atoms with Crippen LogP contribution < -0.4 is 15.4 Å². The molecule has 0 unspecified atom stereocenters. The number of ether oxygens (including phenoxy) is 3. The van der Waals surface area contributed by atoms with Crippen LogP contribution in [0.4, 0.5) is 11.4 Å². The molecule has 8 nitrogen and oxygen atoms in total. The molecule has 4 aromatic rings. The van der Waals surface area contributed by atoms with E-state index < -0.39 is 0 Å². The molecule has 2 aromatic heterocycles. The fourth-order valence-corrected chi connectivity index (χ4v) is 6.22. The number of aromatic nitrogens is 1. The zero-order chi connectivity index (χ0) is 28.6. The molecular weight excluding hydrogens is 581 g/mol. The third-order valence-corrected chi connectivity index (χ3v) is 8.53. The first-order chi connectivity index (χ1) is 20.1. The SMILES string of the molecule is C1COCCN1.COc1cc(Nc2c(C#N)cnc3cc(-c4cccc(CN5CCOCC5)c4)sc23)c(Cl)cc1Cl. The maximum absolute atomic E-state index is 9.77. The maximum Gasteiger partial charge on any atom is 0.139 e. The average molecular weight is 613 g/mol. The third kappa shape index (κ3) is 7.48. The van der Waals surface area contributed by atoms with Gasteiger partial charge in [0, 0.05) is 49.9 Å². The van der Waals surface area contributed by atoms with Crippen molar-refractivity contribution in [3.63, 3.8) is 0 Å². The second kappa shape index (κ2) is 14.3. The molecule has 6 rings (SSSR count). The molecule has 2 fully saturated rings. The molecule has 2 aliphatic rings. The van der Waals surface area contributed by atoms with Gasteiger partial charge in [0.05, 0.1) is 70.7 Å². The van der Waals surface area contributed by atoms with Gasteiger partial charge in [-0.2, -0.15) is 5.26 Å². The van der Waals surface area contributed by atoms with Crippen molar-refractivity contribution < 1.29 is 14.2 Å². The summed E-state index contributed by atoms with van der Waals surface area (Å²) in [5.74, 6) is 0.492. The molecule has 214 valence electrons. The Hall–Kier alpha value is -2.94. The fraction of sp³-hybridized carbons (Fsp3) is 0.333. The summed E-state index contributed by atoms with van der Waals surface area (Å²) in [5, 5.41) is 17.1. The minimum atomic E-state index is 0.416. The molecule has 0 bridgehead atoms. The van der Waals surface area contributed by atoms with Gasteiger partial charge in [-0.25, -0.2) is 0 Å². The number of halogens is 2. The molecule has 0 saturated carbocycles. The third-order valence-electron chi connectivity index (χ3n) is 6.73. The van der Waals surface area contributed by atoms with E-state index in [2.05, 4.69) is 56.9 Å². The van der Waals surface area contributed by atoms with Crippen LogP contribution in [0, 0.1) is 11.3 Å². The number of pyridine rings is 1. The van der Waals surface area contributed by atoms with E-state index in [4.69, 9.17) is 37.4 Å². The molecule has 0 spiro atoms. The highest BCUT2D eigenvalue weighted by atomic mass is 35.5. The van der Waals surface area contributed by atoms with Crippen molar-refractivity contribution in [1.82, 2.24) is 15.2 Å². The molecule has 11 heteroatoms. The van der Waals surface area contributed by atoms with Crippen molar-refractivity contribution in [2.24, 2.45) is 0 Å². The molecule has 0 amide bonds. The molecule has 2 aliphatic heterocycles. The van der Waals surface area contributed by atoms with Crippen LogP contribution >= 0.6 is 34.5 Å². The topological polar surface area (TPSA) is 91.7 Å². The largest absolute Gasteiger partial charge is 0.495 e. The summed E-state index contributed by atoms with van der Waals surface area (Å²) in [6, 6.07) is 16.2. The van der Waals surface area contributed by atoms with Gasteiger partial charge in [-0.05, 0) is 29.3 Å². The molecular formula is C30H31Cl2N5O3S. The smallest absolute Gasteiger partial charge is 0.139 e. The van der Waals surface area contributed by atoms with E-state index in [0.717, 1.165) is 79.8 Å². The number of morpholine rings is 2. The summed E-state index contributed by atoms with van der Waals surface area (Å²) in [5.41, 5.74) is 4.86. The zero-order valence-electron chi connectivity index (χ0n) is 22.7. The fourth-order valence-electron chi connectivity index (χ4n) is 4.60. The number of rotatable bonds is 6. The summed E-state index contributed by atoms with van der Waals surface area (Å²) in [6.07, 6.45) is 1.58. The van der Waals surface area contributed by atoms with Crippen LogP contribution in [0.15, 0.2) is 48.7 Å². The Bertz CT molecular complexity index is 1520. The number of methoxy groups -OCH3 is 1. The van der Waals surface area contributed by atoms with E-state index >= 15 is 0 Å². The summed E-state index contributed by atoms with van der Waals surface area (Å²) in [7, 11) is 1.54. The second-order valence-electron chi connectivity index (χ2n) is 9.53. The number of nitriles is 1. The van der Waals surface area contributed by atoms with Crippen molar-refractivity contribution in [1.29, 1.82) is 5.26 Å². The average Bonchev–Trinajstić information content (AvgIpc) is 3.45. The van der Waals surface area contributed by atoms with E-state index in [0.29, 0.717) is 32.7 Å². The Morgan fingerprint density at radius 3 is 2.54 bits per heavy atom. The van der Waals surface area contributed by atoms with E-state index in [1.54, 1.807) is 36.8 Å². The van der Waals surface area contributed by atoms with Gasteiger partial charge in [0.15, 0.2) is 0 Å². The monoisotopic (exact) mass is 611 g/mol. The first kappa shape index (κ1) is 29.5. The van der Waals surface area contributed by atoms with Crippen molar-refractivity contribution in [3.05, 3.63) is 69.8 Å². The second-order valence-corrected chi connectivity index (χ2v) is 11.4. The number of hydrogen-bond acceptors (Lipinski definition) is 9. The lowest BCUT2D eigenvalue weighted by Crippen LogP contribution is -2.35. The highest BCUT2D eigenvalue weighted by Gasteiger charge is 2.17. The Kier molecular flexibility index (Phi) is 10.3. The number of thiophene rings is 1. The van der Waals surface area contributed by atoms with Crippen LogP contribution in [-0.2, 0) is 16.0 Å². The maximum atomic E-state index is 9.77. The van der Waals surface area contributed by atoms with Crippen molar-refractivity contribution in [2.45, 2.75) is 6.54 Å². The Morgan fingerprint density at radius 2 is 1.85 bits per heavy atom. The molecule has 0 atom stereocenters. The first-order valence-corrected chi connectivity index (χ1v) is 14.9. The van der Waals surface area contributed by atoms with E-state index in [-0.39, 0.29) is 0 Å². The summed E-state index contributed by atoms with van der Waals surface area (Å²) < 4.78 is 16.7. The molecule has 2 N–H and O–H groups in total. The molecule has 2 aromatic carbocycles. The van der Waals surface area contributed by atoms with Gasteiger partial charge in [0.2, 0.25) is 0 Å². The van der Waals surface area contributed by atoms with Crippen molar-refractivity contribution in [3.8, 4) is 22.3 Å². The summed E-state index contributed by atoms with van der Waals surface area (Å²) in [4.78, 5) is 8.01. The van der Waals surface area contributed by atoms with E-state index in [9.17, 15) is 5.26 Å². The molecule has 41 heavy (non-hydrogen) atoms. The van der Waals surface area contributed by atoms with Gasteiger partial charge in [0.25, 0.3) is 0 Å². The number of nitrogens with one attached hydrogen (secondary N) is 2. The molecule has 0 radical (unpaired) electrons. The first-order valence-electron chi connectivity index (χ1n) is 13.4. The van der Waals surface area contributed by atoms with E-state index in [1.165, 1.54) is 5.56 Å². The van der Waals surface area contributed by atoms with Crippen LogP contribution in [0.1, 0.15) is 11.1 Å². The number of anilines is 2. The minimum Gasteiger partial charge on any atom is -0.495 e. The number of nitrogens with zero attached hydrogens (tertiary/aromatic N) is 3. The summed E-state index contributed by atoms with van der Waals surface area (Å²) in [6.45, 7) is 8.18. The van der Waals surface area contributed by atoms with Gasteiger partial charge in [-0.15, -0.1) is 11.3 Å². The van der Waals surface area contributed by atoms with Gasteiger partial charge >= 0.3 is 0 Å². The molecule has 0 aliphatic carbocycles. The number of fused-ring (bicyclic) bond motifs is 1. The lowest BCUT2D eigenvalue weighted by molar-refractivity contribution is 0.0342.